The lowest BCUT2D eigenvalue weighted by Gasteiger charge is -2.20. The number of halogens is 1. The van der Waals surface area contributed by atoms with Crippen LogP contribution in [0.2, 0.25) is 0 Å². The van der Waals surface area contributed by atoms with Crippen molar-refractivity contribution >= 4 is 38.7 Å². The molecule has 7 heteroatoms. The van der Waals surface area contributed by atoms with Crippen LogP contribution < -0.4 is 10.1 Å². The summed E-state index contributed by atoms with van der Waals surface area (Å²) in [6.07, 6.45) is -0.141. The van der Waals surface area contributed by atoms with Crippen LogP contribution in [0.1, 0.15) is 33.8 Å². The van der Waals surface area contributed by atoms with E-state index in [1.54, 1.807) is 13.2 Å². The fourth-order valence-electron chi connectivity index (χ4n) is 4.31. The number of nitrogens with one attached hydrogen (secondary N) is 1. The number of carboxylic acids is 1. The molecule has 3 aromatic carbocycles. The zero-order chi connectivity index (χ0) is 24.9. The first-order valence-electron chi connectivity index (χ1n) is 11.2. The van der Waals surface area contributed by atoms with E-state index in [-0.39, 0.29) is 18.9 Å². The molecule has 1 heterocycles. The molecule has 0 spiro atoms. The molecule has 2 N–H and O–H groups in total. The summed E-state index contributed by atoms with van der Waals surface area (Å²) in [4.78, 5) is 30.1. The Kier molecular flexibility index (Phi) is 7.46. The Hall–Kier alpha value is -3.71. The highest BCUT2D eigenvalue weighted by Gasteiger charge is 2.23. The quantitative estimate of drug-likeness (QED) is 0.292. The SMILES string of the molecule is COc1ccccc1[C@@H](CNC(=O)c1c(C)c(-c2ccccc2)nc2ccc(Br)cc12)CC(=O)O. The normalized spacial score (nSPS) is 11.7. The maximum absolute atomic E-state index is 13.6. The molecule has 1 atom stereocenters. The van der Waals surface area contributed by atoms with Crippen LogP contribution in [0.15, 0.2) is 77.3 Å². The van der Waals surface area contributed by atoms with Crippen LogP contribution in [0.25, 0.3) is 22.2 Å². The highest BCUT2D eigenvalue weighted by Crippen LogP contribution is 2.32. The van der Waals surface area contributed by atoms with Gasteiger partial charge in [0, 0.05) is 27.9 Å². The molecule has 6 nitrogen and oxygen atoms in total. The zero-order valence-corrected chi connectivity index (χ0v) is 21.0. The van der Waals surface area contributed by atoms with Crippen LogP contribution in [0.4, 0.5) is 0 Å². The molecular weight excluding hydrogens is 508 g/mol. The van der Waals surface area contributed by atoms with Crippen molar-refractivity contribution in [3.63, 3.8) is 0 Å². The van der Waals surface area contributed by atoms with E-state index in [2.05, 4.69) is 21.2 Å². The van der Waals surface area contributed by atoms with E-state index in [1.165, 1.54) is 0 Å². The van der Waals surface area contributed by atoms with Gasteiger partial charge in [0.25, 0.3) is 5.91 Å². The van der Waals surface area contributed by atoms with Crippen molar-refractivity contribution in [3.05, 3.63) is 94.0 Å². The second-order valence-corrected chi connectivity index (χ2v) is 9.15. The molecule has 4 aromatic rings. The number of methoxy groups -OCH3 is 1. The van der Waals surface area contributed by atoms with Gasteiger partial charge in [-0.15, -0.1) is 0 Å². The van der Waals surface area contributed by atoms with Crippen LogP contribution in [0.3, 0.4) is 0 Å². The van der Waals surface area contributed by atoms with Gasteiger partial charge in [0.05, 0.1) is 30.3 Å². The first-order valence-corrected chi connectivity index (χ1v) is 12.0. The molecule has 0 bridgehead atoms. The Balaban J connectivity index is 1.74. The third-order valence-electron chi connectivity index (χ3n) is 5.97. The summed E-state index contributed by atoms with van der Waals surface area (Å²) in [6.45, 7) is 2.03. The molecular formula is C28H25BrN2O4. The van der Waals surface area contributed by atoms with Gasteiger partial charge >= 0.3 is 5.97 Å². The summed E-state index contributed by atoms with van der Waals surface area (Å²) in [7, 11) is 1.55. The number of hydrogen-bond acceptors (Lipinski definition) is 4. The summed E-state index contributed by atoms with van der Waals surface area (Å²) in [5.74, 6) is -1.10. The predicted molar refractivity (Wildman–Crippen MR) is 140 cm³/mol. The number of aromatic nitrogens is 1. The summed E-state index contributed by atoms with van der Waals surface area (Å²) < 4.78 is 6.27. The fraction of sp³-hybridized carbons (Fsp3) is 0.179. The molecule has 0 saturated heterocycles. The van der Waals surface area contributed by atoms with Crippen LogP contribution in [-0.2, 0) is 4.79 Å². The molecule has 0 radical (unpaired) electrons. The largest absolute Gasteiger partial charge is 0.496 e. The number of carbonyl (C=O) groups excluding carboxylic acids is 1. The van der Waals surface area contributed by atoms with Crippen LogP contribution in [-0.4, -0.2) is 35.6 Å². The smallest absolute Gasteiger partial charge is 0.304 e. The molecule has 1 amide bonds. The van der Waals surface area contributed by atoms with Gasteiger partial charge in [0.15, 0.2) is 0 Å². The Morgan fingerprint density at radius 2 is 1.77 bits per heavy atom. The number of hydrogen-bond donors (Lipinski definition) is 2. The molecule has 4 rings (SSSR count). The van der Waals surface area contributed by atoms with E-state index in [9.17, 15) is 14.7 Å². The van der Waals surface area contributed by atoms with Crippen molar-refractivity contribution in [2.24, 2.45) is 0 Å². The monoisotopic (exact) mass is 532 g/mol. The Morgan fingerprint density at radius 1 is 1.06 bits per heavy atom. The molecule has 178 valence electrons. The number of rotatable bonds is 8. The number of carboxylic acid groups (broad SMARTS) is 1. The van der Waals surface area contributed by atoms with E-state index in [0.29, 0.717) is 16.8 Å². The fourth-order valence-corrected chi connectivity index (χ4v) is 4.67. The van der Waals surface area contributed by atoms with Gasteiger partial charge in [-0.2, -0.15) is 0 Å². The summed E-state index contributed by atoms with van der Waals surface area (Å²) in [5, 5.41) is 13.2. The van der Waals surface area contributed by atoms with Crippen LogP contribution >= 0.6 is 15.9 Å². The average Bonchev–Trinajstić information content (AvgIpc) is 2.86. The highest BCUT2D eigenvalue weighted by molar-refractivity contribution is 9.10. The summed E-state index contributed by atoms with van der Waals surface area (Å²) in [5.41, 5.74) is 4.37. The van der Waals surface area contributed by atoms with Gasteiger partial charge in [-0.25, -0.2) is 4.98 Å². The predicted octanol–water partition coefficient (Wildman–Crippen LogP) is 5.97. The van der Waals surface area contributed by atoms with E-state index < -0.39 is 11.9 Å². The molecule has 0 fully saturated rings. The minimum Gasteiger partial charge on any atom is -0.496 e. The van der Waals surface area contributed by atoms with Gasteiger partial charge < -0.3 is 15.2 Å². The first-order chi connectivity index (χ1) is 16.9. The lowest BCUT2D eigenvalue weighted by Crippen LogP contribution is -2.30. The molecule has 35 heavy (non-hydrogen) atoms. The lowest BCUT2D eigenvalue weighted by molar-refractivity contribution is -0.137. The number of carbonyl (C=O) groups is 2. The zero-order valence-electron chi connectivity index (χ0n) is 19.4. The second-order valence-electron chi connectivity index (χ2n) is 8.23. The number of pyridine rings is 1. The van der Waals surface area contributed by atoms with Crippen molar-refractivity contribution in [1.29, 1.82) is 0 Å². The van der Waals surface area contributed by atoms with Gasteiger partial charge in [-0.05, 0) is 42.3 Å². The summed E-state index contributed by atoms with van der Waals surface area (Å²) >= 11 is 3.50. The van der Waals surface area contributed by atoms with E-state index in [0.717, 1.165) is 32.2 Å². The van der Waals surface area contributed by atoms with E-state index >= 15 is 0 Å². The van der Waals surface area contributed by atoms with Crippen molar-refractivity contribution in [2.45, 2.75) is 19.3 Å². The van der Waals surface area contributed by atoms with Crippen molar-refractivity contribution in [2.75, 3.05) is 13.7 Å². The first kappa shape index (κ1) is 24.4. The van der Waals surface area contributed by atoms with Crippen molar-refractivity contribution in [1.82, 2.24) is 10.3 Å². The average molecular weight is 533 g/mol. The Labute approximate surface area is 212 Å². The Bertz CT molecular complexity index is 1390. The van der Waals surface area contributed by atoms with E-state index in [4.69, 9.17) is 9.72 Å². The number of para-hydroxylation sites is 1. The maximum atomic E-state index is 13.6. The lowest BCUT2D eigenvalue weighted by atomic mass is 9.93. The number of aliphatic carboxylic acids is 1. The third kappa shape index (κ3) is 5.35. The molecule has 0 saturated carbocycles. The van der Waals surface area contributed by atoms with Crippen molar-refractivity contribution < 1.29 is 19.4 Å². The van der Waals surface area contributed by atoms with Gasteiger partial charge in [0.2, 0.25) is 0 Å². The number of fused-ring (bicyclic) bond motifs is 1. The number of ether oxygens (including phenoxy) is 1. The van der Waals surface area contributed by atoms with Gasteiger partial charge in [0.1, 0.15) is 5.75 Å². The van der Waals surface area contributed by atoms with Crippen LogP contribution in [0, 0.1) is 6.92 Å². The highest BCUT2D eigenvalue weighted by atomic mass is 79.9. The minimum absolute atomic E-state index is 0.141. The standard InChI is InChI=1S/C28H25BrN2O4/c1-17-26(22-15-20(29)12-13-23(22)31-27(17)18-8-4-3-5-9-18)28(34)30-16-19(14-25(32)33)21-10-6-7-11-24(21)35-2/h3-13,15,19H,14,16H2,1-2H3,(H,30,34)(H,32,33)/t19-/m1/s1. The maximum Gasteiger partial charge on any atom is 0.304 e. The number of benzene rings is 3. The molecule has 0 aliphatic carbocycles. The van der Waals surface area contributed by atoms with Crippen molar-refractivity contribution in [3.8, 4) is 17.0 Å². The number of nitrogens with zero attached hydrogens (tertiary/aromatic N) is 1. The molecule has 0 unspecified atom stereocenters. The molecule has 1 aromatic heterocycles. The minimum atomic E-state index is -0.948. The molecule has 0 aliphatic heterocycles. The second kappa shape index (κ2) is 10.7. The third-order valence-corrected chi connectivity index (χ3v) is 6.47. The molecule has 0 aliphatic rings. The topological polar surface area (TPSA) is 88.5 Å². The van der Waals surface area contributed by atoms with E-state index in [1.807, 2.05) is 73.7 Å². The van der Waals surface area contributed by atoms with Gasteiger partial charge in [-0.3, -0.25) is 9.59 Å². The number of amides is 1. The van der Waals surface area contributed by atoms with Crippen LogP contribution in [0.5, 0.6) is 5.75 Å². The Morgan fingerprint density at radius 3 is 2.49 bits per heavy atom. The summed E-state index contributed by atoms with van der Waals surface area (Å²) in [6, 6.07) is 22.7. The van der Waals surface area contributed by atoms with Gasteiger partial charge in [-0.1, -0.05) is 64.5 Å².